The second-order valence-corrected chi connectivity index (χ2v) is 6.83. The maximum absolute atomic E-state index is 12.4. The van der Waals surface area contributed by atoms with Crippen LogP contribution in [0, 0.1) is 0 Å². The van der Waals surface area contributed by atoms with Crippen molar-refractivity contribution in [1.82, 2.24) is 9.80 Å². The van der Waals surface area contributed by atoms with E-state index in [0.29, 0.717) is 31.7 Å². The van der Waals surface area contributed by atoms with Crippen molar-refractivity contribution < 1.29 is 19.4 Å². The molecule has 0 radical (unpaired) electrons. The minimum absolute atomic E-state index is 0.0574. The summed E-state index contributed by atoms with van der Waals surface area (Å²) in [6.07, 6.45) is -0.364. The topological polar surface area (TPSA) is 70.1 Å². The Balaban J connectivity index is 1.94. The van der Waals surface area contributed by atoms with Gasteiger partial charge in [-0.1, -0.05) is 11.6 Å². The number of ether oxygens (including phenoxy) is 1. The third kappa shape index (κ3) is 4.51. The molecule has 1 aromatic rings. The molecule has 0 aromatic heterocycles. The Morgan fingerprint density at radius 2 is 1.70 bits per heavy atom. The van der Waals surface area contributed by atoms with Gasteiger partial charge in [0.1, 0.15) is 11.4 Å². The Bertz CT molecular complexity index is 605. The van der Waals surface area contributed by atoms with Crippen molar-refractivity contribution in [3.63, 3.8) is 0 Å². The molecule has 1 fully saturated rings. The van der Waals surface area contributed by atoms with Gasteiger partial charge in [0, 0.05) is 31.7 Å². The van der Waals surface area contributed by atoms with Gasteiger partial charge >= 0.3 is 6.09 Å². The normalized spacial score (nSPS) is 15.5. The van der Waals surface area contributed by atoms with E-state index in [1.807, 2.05) is 20.8 Å². The van der Waals surface area contributed by atoms with E-state index < -0.39 is 5.60 Å². The molecule has 7 heteroatoms. The van der Waals surface area contributed by atoms with Crippen molar-refractivity contribution in [3.05, 3.63) is 28.8 Å². The number of rotatable bonds is 1. The first-order valence-electron chi connectivity index (χ1n) is 7.43. The third-order valence-electron chi connectivity index (χ3n) is 3.41. The summed E-state index contributed by atoms with van der Waals surface area (Å²) < 4.78 is 5.32. The lowest BCUT2D eigenvalue weighted by Crippen LogP contribution is -2.51. The van der Waals surface area contributed by atoms with Gasteiger partial charge in [-0.15, -0.1) is 0 Å². The Morgan fingerprint density at radius 3 is 2.22 bits per heavy atom. The number of halogens is 1. The summed E-state index contributed by atoms with van der Waals surface area (Å²) in [5, 5.41) is 9.55. The van der Waals surface area contributed by atoms with E-state index in [-0.39, 0.29) is 22.8 Å². The van der Waals surface area contributed by atoms with Crippen LogP contribution in [0.5, 0.6) is 5.75 Å². The number of hydrogen-bond donors (Lipinski definition) is 1. The van der Waals surface area contributed by atoms with Crippen LogP contribution in [0.4, 0.5) is 4.79 Å². The van der Waals surface area contributed by atoms with Crippen molar-refractivity contribution in [1.29, 1.82) is 0 Å². The molecule has 1 aromatic carbocycles. The fourth-order valence-corrected chi connectivity index (χ4v) is 2.42. The molecule has 126 valence electrons. The first-order chi connectivity index (χ1) is 10.7. The first kappa shape index (κ1) is 17.4. The zero-order valence-corrected chi connectivity index (χ0v) is 14.3. The molecule has 2 rings (SSSR count). The number of carbonyl (C=O) groups is 2. The summed E-state index contributed by atoms with van der Waals surface area (Å²) >= 11 is 5.83. The van der Waals surface area contributed by atoms with E-state index in [0.717, 1.165) is 0 Å². The van der Waals surface area contributed by atoms with Crippen LogP contribution >= 0.6 is 11.6 Å². The van der Waals surface area contributed by atoms with E-state index >= 15 is 0 Å². The lowest BCUT2D eigenvalue weighted by Gasteiger charge is -2.35. The second-order valence-electron chi connectivity index (χ2n) is 6.43. The van der Waals surface area contributed by atoms with Crippen LogP contribution in [0.15, 0.2) is 18.2 Å². The minimum atomic E-state index is -0.535. The van der Waals surface area contributed by atoms with E-state index in [1.54, 1.807) is 9.80 Å². The van der Waals surface area contributed by atoms with Crippen LogP contribution in [0.2, 0.25) is 5.02 Å². The summed E-state index contributed by atoms with van der Waals surface area (Å²) in [5.41, 5.74) is -0.120. The van der Waals surface area contributed by atoms with Crippen molar-refractivity contribution in [2.45, 2.75) is 26.4 Å². The van der Waals surface area contributed by atoms with Crippen molar-refractivity contribution in [2.24, 2.45) is 0 Å². The van der Waals surface area contributed by atoms with Crippen molar-refractivity contribution >= 4 is 23.6 Å². The lowest BCUT2D eigenvalue weighted by molar-refractivity contribution is 0.0141. The smallest absolute Gasteiger partial charge is 0.410 e. The van der Waals surface area contributed by atoms with Gasteiger partial charge < -0.3 is 19.6 Å². The number of hydrogen-bond acceptors (Lipinski definition) is 4. The number of benzene rings is 1. The minimum Gasteiger partial charge on any atom is -0.506 e. The summed E-state index contributed by atoms with van der Waals surface area (Å²) in [5.74, 6) is -0.228. The Morgan fingerprint density at radius 1 is 1.13 bits per heavy atom. The number of carbonyl (C=O) groups excluding carboxylic acids is 2. The molecule has 1 aliphatic rings. The van der Waals surface area contributed by atoms with Crippen molar-refractivity contribution in [2.75, 3.05) is 26.2 Å². The lowest BCUT2D eigenvalue weighted by atomic mass is 10.1. The highest BCUT2D eigenvalue weighted by Crippen LogP contribution is 2.24. The van der Waals surface area contributed by atoms with Crippen LogP contribution in [0.25, 0.3) is 0 Å². The number of amides is 2. The van der Waals surface area contributed by atoms with Crippen LogP contribution in [-0.4, -0.2) is 58.7 Å². The molecular weight excluding hydrogens is 320 g/mol. The monoisotopic (exact) mass is 340 g/mol. The highest BCUT2D eigenvalue weighted by Gasteiger charge is 2.28. The predicted octanol–water partition coefficient (Wildman–Crippen LogP) is 2.74. The fourth-order valence-electron chi connectivity index (χ4n) is 2.24. The van der Waals surface area contributed by atoms with Crippen LogP contribution in [0.1, 0.15) is 31.1 Å². The van der Waals surface area contributed by atoms with Gasteiger partial charge in [0.25, 0.3) is 5.91 Å². The summed E-state index contributed by atoms with van der Waals surface area (Å²) in [7, 11) is 0. The average Bonchev–Trinajstić information content (AvgIpc) is 2.48. The number of piperazine rings is 1. The Labute approximate surface area is 140 Å². The molecule has 2 amide bonds. The van der Waals surface area contributed by atoms with Gasteiger partial charge in [0.15, 0.2) is 0 Å². The second kappa shape index (κ2) is 6.66. The summed E-state index contributed by atoms with van der Waals surface area (Å²) in [4.78, 5) is 27.7. The zero-order valence-electron chi connectivity index (χ0n) is 13.5. The SMILES string of the molecule is CC(C)(C)OC(=O)N1CCN(C(=O)c2ccc(O)c(Cl)c2)CC1. The molecule has 6 nitrogen and oxygen atoms in total. The maximum Gasteiger partial charge on any atom is 0.410 e. The van der Waals surface area contributed by atoms with E-state index in [4.69, 9.17) is 16.3 Å². The van der Waals surface area contributed by atoms with Gasteiger partial charge in [-0.2, -0.15) is 0 Å². The fraction of sp³-hybridized carbons (Fsp3) is 0.500. The molecule has 1 N–H and O–H groups in total. The Hall–Kier alpha value is -1.95. The predicted molar refractivity (Wildman–Crippen MR) is 86.8 cm³/mol. The highest BCUT2D eigenvalue weighted by molar-refractivity contribution is 6.32. The summed E-state index contributed by atoms with van der Waals surface area (Å²) in [6, 6.07) is 4.37. The quantitative estimate of drug-likeness (QED) is 0.853. The maximum atomic E-state index is 12.4. The molecule has 0 bridgehead atoms. The molecule has 0 saturated carbocycles. The number of nitrogens with zero attached hydrogens (tertiary/aromatic N) is 2. The highest BCUT2D eigenvalue weighted by atomic mass is 35.5. The molecule has 0 aliphatic carbocycles. The van der Waals surface area contributed by atoms with Gasteiger partial charge in [-0.05, 0) is 39.0 Å². The van der Waals surface area contributed by atoms with Crippen LogP contribution in [-0.2, 0) is 4.74 Å². The van der Waals surface area contributed by atoms with E-state index in [9.17, 15) is 14.7 Å². The molecule has 0 spiro atoms. The standard InChI is InChI=1S/C16H21ClN2O4/c1-16(2,3)23-15(22)19-8-6-18(7-9-19)14(21)11-4-5-13(20)12(17)10-11/h4-5,10,20H,6-9H2,1-3H3. The van der Waals surface area contributed by atoms with Gasteiger partial charge in [0.05, 0.1) is 5.02 Å². The van der Waals surface area contributed by atoms with Gasteiger partial charge in [-0.3, -0.25) is 4.79 Å². The number of phenols is 1. The average molecular weight is 341 g/mol. The summed E-state index contributed by atoms with van der Waals surface area (Å²) in [6.45, 7) is 7.16. The third-order valence-corrected chi connectivity index (χ3v) is 3.72. The molecule has 1 aliphatic heterocycles. The molecule has 23 heavy (non-hydrogen) atoms. The zero-order chi connectivity index (χ0) is 17.2. The first-order valence-corrected chi connectivity index (χ1v) is 7.81. The van der Waals surface area contributed by atoms with Crippen LogP contribution in [0.3, 0.4) is 0 Å². The molecule has 0 atom stereocenters. The Kier molecular flexibility index (Phi) is 5.04. The van der Waals surface area contributed by atoms with Gasteiger partial charge in [-0.25, -0.2) is 4.79 Å². The van der Waals surface area contributed by atoms with Gasteiger partial charge in [0.2, 0.25) is 0 Å². The van der Waals surface area contributed by atoms with E-state index in [1.165, 1.54) is 18.2 Å². The molecular formula is C16H21ClN2O4. The molecule has 1 heterocycles. The van der Waals surface area contributed by atoms with E-state index in [2.05, 4.69) is 0 Å². The largest absolute Gasteiger partial charge is 0.506 e. The number of aromatic hydroxyl groups is 1. The van der Waals surface area contributed by atoms with Crippen LogP contribution < -0.4 is 0 Å². The molecule has 1 saturated heterocycles. The van der Waals surface area contributed by atoms with Crippen molar-refractivity contribution in [3.8, 4) is 5.75 Å². The molecule has 0 unspecified atom stereocenters. The number of phenolic OH excluding ortho intramolecular Hbond substituents is 1.